The minimum atomic E-state index is 0.469. The smallest absolute Gasteiger partial charge is 0.135 e. The van der Waals surface area contributed by atoms with Gasteiger partial charge in [-0.15, -0.1) is 0 Å². The van der Waals surface area contributed by atoms with E-state index in [2.05, 4.69) is 40.4 Å². The average molecular weight is 298 g/mol. The number of nitrogens with zero attached hydrogens (tertiary/aromatic N) is 2. The summed E-state index contributed by atoms with van der Waals surface area (Å²) in [6, 6.07) is 16.2. The maximum atomic E-state index is 6.08. The van der Waals surface area contributed by atoms with Crippen LogP contribution in [0.4, 0.5) is 11.5 Å². The molecule has 0 atom stereocenters. The number of halogens is 1. The molecular formula is C17H16ClN3. The molecule has 3 rings (SSSR count). The van der Waals surface area contributed by atoms with Crippen LogP contribution in [-0.4, -0.2) is 9.97 Å². The Bertz CT molecular complexity index is 766. The van der Waals surface area contributed by atoms with E-state index in [1.165, 1.54) is 5.39 Å². The van der Waals surface area contributed by atoms with Crippen LogP contribution in [-0.2, 0) is 6.42 Å². The van der Waals surface area contributed by atoms with Crippen molar-refractivity contribution in [3.8, 4) is 0 Å². The second kappa shape index (κ2) is 6.10. The molecule has 0 saturated carbocycles. The molecule has 0 unspecified atom stereocenters. The number of benzene rings is 2. The largest absolute Gasteiger partial charge is 0.340 e. The molecule has 1 heterocycles. The van der Waals surface area contributed by atoms with Gasteiger partial charge in [0, 0.05) is 23.6 Å². The van der Waals surface area contributed by atoms with Crippen LogP contribution in [0, 0.1) is 0 Å². The molecule has 0 spiro atoms. The van der Waals surface area contributed by atoms with Gasteiger partial charge in [0.05, 0.1) is 0 Å². The van der Waals surface area contributed by atoms with Crippen molar-refractivity contribution >= 4 is 33.9 Å². The van der Waals surface area contributed by atoms with Gasteiger partial charge in [-0.1, -0.05) is 54.9 Å². The number of hydrogen-bond acceptors (Lipinski definition) is 3. The zero-order valence-electron chi connectivity index (χ0n) is 11.8. The molecule has 21 heavy (non-hydrogen) atoms. The molecule has 0 bridgehead atoms. The maximum Gasteiger partial charge on any atom is 0.135 e. The molecule has 3 nitrogen and oxygen atoms in total. The van der Waals surface area contributed by atoms with Gasteiger partial charge in [0.1, 0.15) is 16.8 Å². The number of anilines is 2. The lowest BCUT2D eigenvalue weighted by Gasteiger charge is -2.10. The average Bonchev–Trinajstić information content (AvgIpc) is 2.47. The van der Waals surface area contributed by atoms with Gasteiger partial charge >= 0.3 is 0 Å². The summed E-state index contributed by atoms with van der Waals surface area (Å²) in [6.45, 7) is 2.10. The minimum absolute atomic E-state index is 0.469. The fourth-order valence-electron chi connectivity index (χ4n) is 2.34. The van der Waals surface area contributed by atoms with Crippen LogP contribution in [0.3, 0.4) is 0 Å². The van der Waals surface area contributed by atoms with Crippen LogP contribution in [0.2, 0.25) is 5.15 Å². The highest BCUT2D eigenvalue weighted by Gasteiger charge is 2.05. The Hall–Kier alpha value is -2.13. The Morgan fingerprint density at radius 1 is 1.05 bits per heavy atom. The highest BCUT2D eigenvalue weighted by molar-refractivity contribution is 6.29. The SMILES string of the molecule is CCCc1nc(Cl)cc(Nc2cccc3ccccc23)n1. The van der Waals surface area contributed by atoms with Crippen molar-refractivity contribution in [1.29, 1.82) is 0 Å². The van der Waals surface area contributed by atoms with Gasteiger partial charge in [0.15, 0.2) is 0 Å². The van der Waals surface area contributed by atoms with E-state index in [-0.39, 0.29) is 0 Å². The Morgan fingerprint density at radius 3 is 2.71 bits per heavy atom. The number of aromatic nitrogens is 2. The second-order valence-electron chi connectivity index (χ2n) is 4.89. The normalized spacial score (nSPS) is 10.8. The number of aryl methyl sites for hydroxylation is 1. The minimum Gasteiger partial charge on any atom is -0.340 e. The highest BCUT2D eigenvalue weighted by Crippen LogP contribution is 2.26. The molecule has 106 valence electrons. The van der Waals surface area contributed by atoms with Crippen molar-refractivity contribution in [3.63, 3.8) is 0 Å². The van der Waals surface area contributed by atoms with E-state index in [9.17, 15) is 0 Å². The summed E-state index contributed by atoms with van der Waals surface area (Å²) in [6.07, 6.45) is 1.82. The van der Waals surface area contributed by atoms with Gasteiger partial charge in [0.2, 0.25) is 0 Å². The van der Waals surface area contributed by atoms with Gasteiger partial charge < -0.3 is 5.32 Å². The van der Waals surface area contributed by atoms with Crippen LogP contribution in [0.5, 0.6) is 0 Å². The van der Waals surface area contributed by atoms with E-state index in [1.807, 2.05) is 24.3 Å². The Morgan fingerprint density at radius 2 is 1.86 bits per heavy atom. The quantitative estimate of drug-likeness (QED) is 0.690. The first-order chi connectivity index (χ1) is 10.3. The van der Waals surface area contributed by atoms with E-state index in [1.54, 1.807) is 6.07 Å². The highest BCUT2D eigenvalue weighted by atomic mass is 35.5. The standard InChI is InChI=1S/C17H16ClN3/c1-2-6-16-20-15(18)11-17(21-16)19-14-10-5-8-12-7-3-4-9-13(12)14/h3-5,7-11H,2,6H2,1H3,(H,19,20,21). The third kappa shape index (κ3) is 3.14. The Balaban J connectivity index is 1.98. The molecule has 0 aliphatic carbocycles. The zero-order chi connectivity index (χ0) is 14.7. The van der Waals surface area contributed by atoms with E-state index >= 15 is 0 Å². The van der Waals surface area contributed by atoms with Crippen molar-refractivity contribution in [1.82, 2.24) is 9.97 Å². The molecule has 0 aliphatic rings. The fraction of sp³-hybridized carbons (Fsp3) is 0.176. The van der Waals surface area contributed by atoms with Crippen LogP contribution < -0.4 is 5.32 Å². The van der Waals surface area contributed by atoms with Crippen LogP contribution in [0.1, 0.15) is 19.2 Å². The second-order valence-corrected chi connectivity index (χ2v) is 5.28. The van der Waals surface area contributed by atoms with Crippen molar-refractivity contribution in [2.24, 2.45) is 0 Å². The topological polar surface area (TPSA) is 37.8 Å². The van der Waals surface area contributed by atoms with Gasteiger partial charge in [-0.05, 0) is 17.9 Å². The molecule has 1 N–H and O–H groups in total. The molecule has 3 aromatic rings. The molecule has 0 fully saturated rings. The van der Waals surface area contributed by atoms with Crippen molar-refractivity contribution < 1.29 is 0 Å². The molecule has 2 aromatic carbocycles. The first kappa shape index (κ1) is 13.8. The fourth-order valence-corrected chi connectivity index (χ4v) is 2.54. The number of nitrogens with one attached hydrogen (secondary N) is 1. The van der Waals surface area contributed by atoms with E-state index < -0.39 is 0 Å². The molecule has 0 saturated heterocycles. The summed E-state index contributed by atoms with van der Waals surface area (Å²) in [5, 5.41) is 6.17. The lowest BCUT2D eigenvalue weighted by Crippen LogP contribution is -2.00. The molecular weight excluding hydrogens is 282 g/mol. The summed E-state index contributed by atoms with van der Waals surface area (Å²) in [7, 11) is 0. The predicted octanol–water partition coefficient (Wildman–Crippen LogP) is 4.98. The first-order valence-corrected chi connectivity index (χ1v) is 7.42. The number of hydrogen-bond donors (Lipinski definition) is 1. The molecule has 0 aliphatic heterocycles. The lowest BCUT2D eigenvalue weighted by molar-refractivity contribution is 0.837. The summed E-state index contributed by atoms with van der Waals surface area (Å²) < 4.78 is 0. The molecule has 1 aromatic heterocycles. The lowest BCUT2D eigenvalue weighted by atomic mass is 10.1. The van der Waals surface area contributed by atoms with E-state index in [0.29, 0.717) is 5.15 Å². The van der Waals surface area contributed by atoms with Crippen LogP contribution in [0.25, 0.3) is 10.8 Å². The maximum absolute atomic E-state index is 6.08. The zero-order valence-corrected chi connectivity index (χ0v) is 12.6. The molecule has 0 radical (unpaired) electrons. The van der Waals surface area contributed by atoms with E-state index in [0.717, 1.165) is 35.6 Å². The number of rotatable bonds is 4. The molecule has 0 amide bonds. The first-order valence-electron chi connectivity index (χ1n) is 7.04. The molecule has 4 heteroatoms. The van der Waals surface area contributed by atoms with Crippen molar-refractivity contribution in [3.05, 3.63) is 59.5 Å². The van der Waals surface area contributed by atoms with Crippen LogP contribution in [0.15, 0.2) is 48.5 Å². The summed E-state index contributed by atoms with van der Waals surface area (Å²) >= 11 is 6.08. The summed E-state index contributed by atoms with van der Waals surface area (Å²) in [5.74, 6) is 1.50. The monoisotopic (exact) mass is 297 g/mol. The third-order valence-corrected chi connectivity index (χ3v) is 3.46. The van der Waals surface area contributed by atoms with E-state index in [4.69, 9.17) is 11.6 Å². The predicted molar refractivity (Wildman–Crippen MR) is 88.3 cm³/mol. The summed E-state index contributed by atoms with van der Waals surface area (Å²) in [4.78, 5) is 8.76. The number of fused-ring (bicyclic) bond motifs is 1. The summed E-state index contributed by atoms with van der Waals surface area (Å²) in [5.41, 5.74) is 1.02. The van der Waals surface area contributed by atoms with Crippen molar-refractivity contribution in [2.75, 3.05) is 5.32 Å². The van der Waals surface area contributed by atoms with Crippen molar-refractivity contribution in [2.45, 2.75) is 19.8 Å². The Kier molecular flexibility index (Phi) is 4.02. The van der Waals surface area contributed by atoms with Crippen LogP contribution >= 0.6 is 11.6 Å². The van der Waals surface area contributed by atoms with Gasteiger partial charge in [-0.25, -0.2) is 9.97 Å². The Labute approximate surface area is 129 Å². The van der Waals surface area contributed by atoms with Gasteiger partial charge in [-0.2, -0.15) is 0 Å². The van der Waals surface area contributed by atoms with Gasteiger partial charge in [0.25, 0.3) is 0 Å². The third-order valence-electron chi connectivity index (χ3n) is 3.27. The van der Waals surface area contributed by atoms with Gasteiger partial charge in [-0.3, -0.25) is 0 Å².